The van der Waals surface area contributed by atoms with E-state index in [2.05, 4.69) is 14.9 Å². The van der Waals surface area contributed by atoms with Crippen LogP contribution in [0.5, 0.6) is 0 Å². The molecule has 0 fully saturated rings. The second-order valence-electron chi connectivity index (χ2n) is 4.18. The third kappa shape index (κ3) is 2.86. The van der Waals surface area contributed by atoms with E-state index in [1.165, 1.54) is 11.3 Å². The molecule has 8 heteroatoms. The summed E-state index contributed by atoms with van der Waals surface area (Å²) in [6, 6.07) is 1.96. The van der Waals surface area contributed by atoms with Gasteiger partial charge in [0.15, 0.2) is 0 Å². The summed E-state index contributed by atoms with van der Waals surface area (Å²) in [6.07, 6.45) is 0. The Labute approximate surface area is 116 Å². The topological polar surface area (TPSA) is 101 Å². The Hall–Kier alpha value is -1.22. The Morgan fingerprint density at radius 1 is 1.47 bits per heavy atom. The lowest BCUT2D eigenvalue weighted by molar-refractivity contribution is 0.580. The fraction of sp³-hybridized carbons (Fsp3) is 0.364. The molecule has 19 heavy (non-hydrogen) atoms. The van der Waals surface area contributed by atoms with E-state index >= 15 is 0 Å². The first-order chi connectivity index (χ1) is 8.95. The number of nitrogens with zero attached hydrogens (tertiary/aromatic N) is 1. The lowest BCUT2D eigenvalue weighted by atomic mass is 10.3. The van der Waals surface area contributed by atoms with Crippen LogP contribution in [0.2, 0.25) is 0 Å². The number of sulfonamides is 1. The minimum absolute atomic E-state index is 0.0820. The largest absolute Gasteiger partial charge is 0.325 e. The molecule has 0 unspecified atom stereocenters. The maximum atomic E-state index is 12.3. The van der Waals surface area contributed by atoms with Gasteiger partial charge in [0.05, 0.1) is 11.4 Å². The van der Waals surface area contributed by atoms with Gasteiger partial charge in [-0.15, -0.1) is 11.3 Å². The number of H-pyrrole nitrogens is 1. The van der Waals surface area contributed by atoms with E-state index < -0.39 is 10.0 Å². The van der Waals surface area contributed by atoms with E-state index in [4.69, 9.17) is 5.73 Å². The van der Waals surface area contributed by atoms with Crippen LogP contribution in [0.4, 0.5) is 0 Å². The quantitative estimate of drug-likeness (QED) is 0.767. The van der Waals surface area contributed by atoms with Crippen LogP contribution in [-0.4, -0.2) is 18.6 Å². The molecule has 0 aromatic carbocycles. The molecule has 0 aliphatic carbocycles. The maximum Gasteiger partial charge on any atom is 0.244 e. The van der Waals surface area contributed by atoms with Crippen molar-refractivity contribution in [2.24, 2.45) is 5.73 Å². The molecule has 0 spiro atoms. The Morgan fingerprint density at radius 3 is 2.79 bits per heavy atom. The fourth-order valence-corrected chi connectivity index (χ4v) is 4.09. The summed E-state index contributed by atoms with van der Waals surface area (Å²) in [6.45, 7) is 3.98. The van der Waals surface area contributed by atoms with Gasteiger partial charge in [0, 0.05) is 18.0 Å². The van der Waals surface area contributed by atoms with E-state index in [1.807, 2.05) is 18.4 Å². The van der Waals surface area contributed by atoms with Crippen LogP contribution in [0.25, 0.3) is 0 Å². The number of aromatic nitrogens is 2. The van der Waals surface area contributed by atoms with Crippen molar-refractivity contribution in [3.63, 3.8) is 0 Å². The Balaban J connectivity index is 2.23. The molecular formula is C11H16N4O2S2. The van der Waals surface area contributed by atoms with Gasteiger partial charge >= 0.3 is 0 Å². The smallest absolute Gasteiger partial charge is 0.244 e. The first-order valence-electron chi connectivity index (χ1n) is 5.72. The minimum atomic E-state index is -3.60. The summed E-state index contributed by atoms with van der Waals surface area (Å²) in [5.74, 6) is 0. The highest BCUT2D eigenvalue weighted by molar-refractivity contribution is 7.89. The molecule has 2 rings (SSSR count). The molecular weight excluding hydrogens is 284 g/mol. The molecule has 0 aliphatic rings. The average molecular weight is 300 g/mol. The number of rotatable bonds is 5. The zero-order valence-corrected chi connectivity index (χ0v) is 12.4. The number of hydrogen-bond donors (Lipinski definition) is 3. The number of thiophene rings is 1. The molecule has 0 amide bonds. The number of aromatic amines is 1. The normalized spacial score (nSPS) is 11.9. The number of nitrogens with two attached hydrogens (primary N) is 1. The lowest BCUT2D eigenvalue weighted by Gasteiger charge is -2.07. The Morgan fingerprint density at radius 2 is 2.21 bits per heavy atom. The zero-order valence-electron chi connectivity index (χ0n) is 10.7. The van der Waals surface area contributed by atoms with Crippen molar-refractivity contribution in [1.82, 2.24) is 14.9 Å². The number of nitrogens with one attached hydrogen (secondary N) is 2. The van der Waals surface area contributed by atoms with Crippen molar-refractivity contribution in [1.29, 1.82) is 0 Å². The lowest BCUT2D eigenvalue weighted by Crippen LogP contribution is -2.25. The van der Waals surface area contributed by atoms with Gasteiger partial charge in [-0.3, -0.25) is 5.10 Å². The maximum absolute atomic E-state index is 12.3. The van der Waals surface area contributed by atoms with Crippen LogP contribution in [0.3, 0.4) is 0 Å². The summed E-state index contributed by atoms with van der Waals surface area (Å²) in [7, 11) is -3.60. The van der Waals surface area contributed by atoms with Gasteiger partial charge in [-0.25, -0.2) is 13.1 Å². The molecule has 2 aromatic heterocycles. The molecule has 2 aromatic rings. The highest BCUT2D eigenvalue weighted by Crippen LogP contribution is 2.19. The van der Waals surface area contributed by atoms with E-state index in [-0.39, 0.29) is 18.0 Å². The molecule has 4 N–H and O–H groups in total. The van der Waals surface area contributed by atoms with Gasteiger partial charge < -0.3 is 5.73 Å². The SMILES string of the molecule is Cc1ccsc1CNS(=O)(=O)c1c(CN)n[nH]c1C. The Kier molecular flexibility index (Phi) is 4.04. The molecule has 0 atom stereocenters. The van der Waals surface area contributed by atoms with Gasteiger partial charge in [-0.2, -0.15) is 5.10 Å². The molecule has 2 heterocycles. The summed E-state index contributed by atoms with van der Waals surface area (Å²) in [5, 5.41) is 8.49. The van der Waals surface area contributed by atoms with Gasteiger partial charge in [0.25, 0.3) is 0 Å². The van der Waals surface area contributed by atoms with Gasteiger partial charge in [-0.1, -0.05) is 0 Å². The standard InChI is InChI=1S/C11H16N4O2S2/c1-7-3-4-18-10(7)6-13-19(16,17)11-8(2)14-15-9(11)5-12/h3-4,13H,5-6,12H2,1-2H3,(H,14,15). The summed E-state index contributed by atoms with van der Waals surface area (Å²) in [4.78, 5) is 1.16. The van der Waals surface area contributed by atoms with Gasteiger partial charge in [-0.05, 0) is 30.9 Å². The van der Waals surface area contributed by atoms with Crippen molar-refractivity contribution < 1.29 is 8.42 Å². The predicted molar refractivity (Wildman–Crippen MR) is 74.3 cm³/mol. The monoisotopic (exact) mass is 300 g/mol. The minimum Gasteiger partial charge on any atom is -0.325 e. The van der Waals surface area contributed by atoms with E-state index in [9.17, 15) is 8.42 Å². The van der Waals surface area contributed by atoms with Crippen LogP contribution in [0.15, 0.2) is 16.3 Å². The molecule has 104 valence electrons. The van der Waals surface area contributed by atoms with Crippen molar-refractivity contribution in [3.05, 3.63) is 33.3 Å². The van der Waals surface area contributed by atoms with E-state index in [0.29, 0.717) is 11.4 Å². The first-order valence-corrected chi connectivity index (χ1v) is 8.08. The molecule has 6 nitrogen and oxygen atoms in total. The van der Waals surface area contributed by atoms with Crippen molar-refractivity contribution in [2.45, 2.75) is 31.8 Å². The molecule has 0 bridgehead atoms. The predicted octanol–water partition coefficient (Wildman–Crippen LogP) is 1.03. The summed E-state index contributed by atoms with van der Waals surface area (Å²) in [5.41, 5.74) is 7.43. The van der Waals surface area contributed by atoms with E-state index in [1.54, 1.807) is 6.92 Å². The average Bonchev–Trinajstić information content (AvgIpc) is 2.93. The fourth-order valence-electron chi connectivity index (χ4n) is 1.78. The third-order valence-electron chi connectivity index (χ3n) is 2.81. The van der Waals surface area contributed by atoms with Crippen LogP contribution in [-0.2, 0) is 23.1 Å². The number of hydrogen-bond acceptors (Lipinski definition) is 5. The van der Waals surface area contributed by atoms with Crippen molar-refractivity contribution in [3.8, 4) is 0 Å². The number of aryl methyl sites for hydroxylation is 2. The second kappa shape index (κ2) is 5.41. The summed E-state index contributed by atoms with van der Waals surface area (Å²) < 4.78 is 27.1. The molecule has 0 saturated carbocycles. The van der Waals surface area contributed by atoms with Crippen molar-refractivity contribution in [2.75, 3.05) is 0 Å². The van der Waals surface area contributed by atoms with E-state index in [0.717, 1.165) is 10.4 Å². The third-order valence-corrected chi connectivity index (χ3v) is 5.44. The van der Waals surface area contributed by atoms with Crippen LogP contribution in [0.1, 0.15) is 21.8 Å². The van der Waals surface area contributed by atoms with Crippen molar-refractivity contribution >= 4 is 21.4 Å². The molecule has 0 aliphatic heterocycles. The van der Waals surface area contributed by atoms with Gasteiger partial charge in [0.2, 0.25) is 10.0 Å². The second-order valence-corrected chi connectivity index (χ2v) is 6.88. The van der Waals surface area contributed by atoms with Crippen LogP contribution in [0, 0.1) is 13.8 Å². The highest BCUT2D eigenvalue weighted by Gasteiger charge is 2.23. The first kappa shape index (κ1) is 14.2. The molecule has 0 saturated heterocycles. The van der Waals surface area contributed by atoms with Crippen LogP contribution >= 0.6 is 11.3 Å². The Bertz CT molecular complexity index is 673. The van der Waals surface area contributed by atoms with Gasteiger partial charge in [0.1, 0.15) is 4.90 Å². The molecule has 0 radical (unpaired) electrons. The summed E-state index contributed by atoms with van der Waals surface area (Å²) >= 11 is 1.53. The zero-order chi connectivity index (χ0) is 14.0. The highest BCUT2D eigenvalue weighted by atomic mass is 32.2. The van der Waals surface area contributed by atoms with Crippen LogP contribution < -0.4 is 10.5 Å².